The van der Waals surface area contributed by atoms with E-state index in [1.165, 1.54) is 25.9 Å². The number of quaternary nitrogens is 1. The van der Waals surface area contributed by atoms with Crippen LogP contribution in [0.3, 0.4) is 0 Å². The van der Waals surface area contributed by atoms with Crippen molar-refractivity contribution in [1.29, 1.82) is 0 Å². The molecule has 0 aliphatic carbocycles. The van der Waals surface area contributed by atoms with Gasteiger partial charge in [0, 0.05) is 5.92 Å². The fourth-order valence-electron chi connectivity index (χ4n) is 1.55. The maximum atomic E-state index is 9.87. The Morgan fingerprint density at radius 2 is 1.47 bits per heavy atom. The molecule has 2 unspecified atom stereocenters. The number of rotatable bonds is 0. The normalized spacial score (nSPS) is 32.0. The van der Waals surface area contributed by atoms with Crippen LogP contribution in [-0.2, 0) is 0 Å². The Balaban J connectivity index is 0.000000265. The molecular formula is C7H16F6NP. The van der Waals surface area contributed by atoms with E-state index in [4.69, 9.17) is 0 Å². The predicted molar refractivity (Wildman–Crippen MR) is 48.6 cm³/mol. The van der Waals surface area contributed by atoms with E-state index in [1.807, 2.05) is 0 Å². The Morgan fingerprint density at radius 1 is 1.07 bits per heavy atom. The van der Waals surface area contributed by atoms with E-state index in [0.29, 0.717) is 0 Å². The first-order valence-electron chi connectivity index (χ1n) is 4.62. The maximum absolute atomic E-state index is 10.7. The molecule has 15 heavy (non-hydrogen) atoms. The van der Waals surface area contributed by atoms with Crippen molar-refractivity contribution in [3.63, 3.8) is 0 Å². The van der Waals surface area contributed by atoms with Gasteiger partial charge in [-0.2, -0.15) is 0 Å². The molecule has 1 heterocycles. The molecule has 0 aromatic rings. The summed E-state index contributed by atoms with van der Waals surface area (Å²) in [6.07, 6.45) is 2.89. The van der Waals surface area contributed by atoms with Crippen LogP contribution in [0.4, 0.5) is 25.2 Å². The molecule has 1 nitrogen and oxygen atoms in total. The van der Waals surface area contributed by atoms with Crippen molar-refractivity contribution in [1.82, 2.24) is 0 Å². The molecule has 0 aromatic carbocycles. The van der Waals surface area contributed by atoms with Gasteiger partial charge in [-0.25, -0.2) is 0 Å². The Kier molecular flexibility index (Phi) is 3.76. The van der Waals surface area contributed by atoms with E-state index >= 15 is 0 Å². The van der Waals surface area contributed by atoms with Gasteiger partial charge >= 0.3 is 33.0 Å². The Hall–Kier alpha value is -0.0300. The summed E-state index contributed by atoms with van der Waals surface area (Å²) in [6.45, 7) is 5.13. The SMILES string of the molecule is CC1CCC[NH+](C)C1.F[P-](F)(F)(F)(F)F. The number of piperidine rings is 1. The molecule has 96 valence electrons. The topological polar surface area (TPSA) is 4.44 Å². The predicted octanol–water partition coefficient (Wildman–Crippen LogP) is 3.31. The van der Waals surface area contributed by atoms with Gasteiger partial charge in [0.2, 0.25) is 0 Å². The Labute approximate surface area is 84.7 Å². The van der Waals surface area contributed by atoms with Crippen LogP contribution >= 0.6 is 7.81 Å². The molecule has 1 aliphatic heterocycles. The van der Waals surface area contributed by atoms with Gasteiger partial charge in [0.25, 0.3) is 0 Å². The molecule has 0 bridgehead atoms. The van der Waals surface area contributed by atoms with E-state index < -0.39 is 7.81 Å². The van der Waals surface area contributed by atoms with Crippen LogP contribution in [0.15, 0.2) is 0 Å². The number of halogens is 6. The standard InChI is InChI=1S/C7H15N.F6P/c1-7-4-3-5-8(2)6-7;1-7(2,3,4,5)6/h7H,3-6H2,1-2H3;/q;-1/p+1. The number of hydrogen-bond donors (Lipinski definition) is 1. The Bertz CT molecular complexity index is 189. The van der Waals surface area contributed by atoms with Crippen LogP contribution in [0.1, 0.15) is 19.8 Å². The molecule has 0 radical (unpaired) electrons. The monoisotopic (exact) mass is 259 g/mol. The zero-order valence-electron chi connectivity index (χ0n) is 8.62. The van der Waals surface area contributed by atoms with Gasteiger partial charge in [0.05, 0.1) is 20.1 Å². The van der Waals surface area contributed by atoms with Crippen LogP contribution in [0.5, 0.6) is 0 Å². The van der Waals surface area contributed by atoms with E-state index in [9.17, 15) is 25.2 Å². The van der Waals surface area contributed by atoms with Gasteiger partial charge < -0.3 is 4.90 Å². The summed E-state index contributed by atoms with van der Waals surface area (Å²) in [5.41, 5.74) is 0. The van der Waals surface area contributed by atoms with Gasteiger partial charge in [-0.15, -0.1) is 0 Å². The molecule has 0 spiro atoms. The van der Waals surface area contributed by atoms with E-state index in [2.05, 4.69) is 14.0 Å². The molecule has 0 amide bonds. The second kappa shape index (κ2) is 3.77. The molecule has 1 aliphatic rings. The third kappa shape index (κ3) is 20.1. The van der Waals surface area contributed by atoms with Crippen molar-refractivity contribution in [3.8, 4) is 0 Å². The molecular weight excluding hydrogens is 243 g/mol. The van der Waals surface area contributed by atoms with E-state index in [-0.39, 0.29) is 0 Å². The van der Waals surface area contributed by atoms with Gasteiger partial charge in [-0.1, -0.05) is 6.92 Å². The fourth-order valence-corrected chi connectivity index (χ4v) is 1.55. The second-order valence-electron chi connectivity index (χ2n) is 4.12. The zero-order valence-corrected chi connectivity index (χ0v) is 9.52. The van der Waals surface area contributed by atoms with Gasteiger partial charge in [-0.3, -0.25) is 0 Å². The zero-order chi connectivity index (χ0) is 12.4. The third-order valence-corrected chi connectivity index (χ3v) is 2.00. The summed E-state index contributed by atoms with van der Waals surface area (Å²) in [6, 6.07) is 0. The molecule has 2 atom stereocenters. The van der Waals surface area contributed by atoms with Crippen LogP contribution in [0.2, 0.25) is 0 Å². The van der Waals surface area contributed by atoms with E-state index in [1.54, 1.807) is 4.90 Å². The van der Waals surface area contributed by atoms with E-state index in [0.717, 1.165) is 5.92 Å². The summed E-state index contributed by atoms with van der Waals surface area (Å²) < 4.78 is 59.2. The number of hydrogen-bond acceptors (Lipinski definition) is 0. The molecule has 1 rings (SSSR count). The third-order valence-electron chi connectivity index (χ3n) is 2.00. The molecule has 8 heteroatoms. The second-order valence-corrected chi connectivity index (χ2v) is 6.03. The average molecular weight is 259 g/mol. The molecule has 0 aromatic heterocycles. The van der Waals surface area contributed by atoms with Crippen molar-refractivity contribution < 1.29 is 30.1 Å². The summed E-state index contributed by atoms with van der Waals surface area (Å²) in [5, 5.41) is 0. The Morgan fingerprint density at radius 3 is 1.67 bits per heavy atom. The summed E-state index contributed by atoms with van der Waals surface area (Å²) in [7, 11) is -8.37. The number of nitrogens with one attached hydrogen (secondary N) is 1. The molecule has 1 N–H and O–H groups in total. The number of likely N-dealkylation sites (tertiary alicyclic amines) is 1. The van der Waals surface area contributed by atoms with Crippen LogP contribution in [0.25, 0.3) is 0 Å². The van der Waals surface area contributed by atoms with Gasteiger partial charge in [0.15, 0.2) is 0 Å². The molecule has 0 saturated carbocycles. The minimum atomic E-state index is -10.7. The van der Waals surface area contributed by atoms with Crippen molar-refractivity contribution in [2.45, 2.75) is 19.8 Å². The van der Waals surface area contributed by atoms with Crippen molar-refractivity contribution >= 4 is 7.81 Å². The van der Waals surface area contributed by atoms with Gasteiger partial charge in [-0.05, 0) is 12.8 Å². The van der Waals surface area contributed by atoms with Crippen LogP contribution in [0, 0.1) is 5.92 Å². The first kappa shape index (κ1) is 15.0. The van der Waals surface area contributed by atoms with Crippen LogP contribution in [-0.4, -0.2) is 20.1 Å². The first-order valence-corrected chi connectivity index (χ1v) is 6.64. The fraction of sp³-hybridized carbons (Fsp3) is 1.00. The molecule has 1 fully saturated rings. The van der Waals surface area contributed by atoms with Crippen molar-refractivity contribution in [3.05, 3.63) is 0 Å². The minimum absolute atomic E-state index is 0.976. The first-order chi connectivity index (χ1) is 6.24. The summed E-state index contributed by atoms with van der Waals surface area (Å²) in [4.78, 5) is 1.71. The molecule has 1 saturated heterocycles. The van der Waals surface area contributed by atoms with Crippen molar-refractivity contribution in [2.24, 2.45) is 5.92 Å². The quantitative estimate of drug-likeness (QED) is 0.503. The summed E-state index contributed by atoms with van der Waals surface area (Å²) in [5.74, 6) is 0.976. The summed E-state index contributed by atoms with van der Waals surface area (Å²) >= 11 is 0. The van der Waals surface area contributed by atoms with Crippen LogP contribution < -0.4 is 4.90 Å². The van der Waals surface area contributed by atoms with Gasteiger partial charge in [0.1, 0.15) is 0 Å². The van der Waals surface area contributed by atoms with Crippen molar-refractivity contribution in [2.75, 3.05) is 20.1 Å². The average Bonchev–Trinajstić information content (AvgIpc) is 1.77.